The zero-order chi connectivity index (χ0) is 16.9. The van der Waals surface area contributed by atoms with Gasteiger partial charge >= 0.3 is 0 Å². The van der Waals surface area contributed by atoms with Crippen molar-refractivity contribution < 1.29 is 9.53 Å². The summed E-state index contributed by atoms with van der Waals surface area (Å²) < 4.78 is 6.29. The first-order valence-electron chi connectivity index (χ1n) is 7.82. The number of nitrogens with zero attached hydrogens (tertiary/aromatic N) is 2. The first-order valence-corrected chi connectivity index (χ1v) is 8.61. The van der Waals surface area contributed by atoms with Crippen molar-refractivity contribution in [1.82, 2.24) is 15.3 Å². The maximum Gasteiger partial charge on any atom is 0.268 e. The number of pyridine rings is 1. The molecular weight excluding hydrogens is 374 g/mol. The van der Waals surface area contributed by atoms with Crippen LogP contribution in [0.2, 0.25) is 0 Å². The second kappa shape index (κ2) is 7.89. The Morgan fingerprint density at radius 1 is 1.38 bits per heavy atom. The molecule has 1 fully saturated rings. The van der Waals surface area contributed by atoms with Gasteiger partial charge in [0.25, 0.3) is 5.91 Å². The van der Waals surface area contributed by atoms with Crippen molar-refractivity contribution in [3.8, 4) is 0 Å². The Hall–Kier alpha value is -1.74. The standard InChI is InChI=1S/C16H20BrN5O2/c17-11-1-2-14-12(9-11)15(13(10-20-14)16(23)21-18)19-3-4-22-5-7-24-8-6-22/h1-2,9-10H,3-8,18H2,(H,19,20)(H,21,23). The van der Waals surface area contributed by atoms with E-state index in [1.165, 1.54) is 0 Å². The van der Waals surface area contributed by atoms with E-state index < -0.39 is 0 Å². The summed E-state index contributed by atoms with van der Waals surface area (Å²) in [6.07, 6.45) is 1.55. The molecule has 3 rings (SSSR count). The van der Waals surface area contributed by atoms with Gasteiger partial charge in [0.1, 0.15) is 0 Å². The molecule has 2 heterocycles. The van der Waals surface area contributed by atoms with Crippen molar-refractivity contribution >= 4 is 38.4 Å². The molecule has 24 heavy (non-hydrogen) atoms. The minimum absolute atomic E-state index is 0.363. The van der Waals surface area contributed by atoms with E-state index in [-0.39, 0.29) is 5.91 Å². The molecule has 1 aromatic carbocycles. The fourth-order valence-corrected chi connectivity index (χ4v) is 3.13. The molecule has 0 spiro atoms. The van der Waals surface area contributed by atoms with Crippen molar-refractivity contribution in [1.29, 1.82) is 0 Å². The molecule has 0 atom stereocenters. The Morgan fingerprint density at radius 2 is 2.17 bits per heavy atom. The number of nitrogens with one attached hydrogen (secondary N) is 2. The van der Waals surface area contributed by atoms with Crippen LogP contribution in [-0.2, 0) is 4.74 Å². The quantitative estimate of drug-likeness (QED) is 0.403. The minimum atomic E-state index is -0.363. The molecule has 0 bridgehead atoms. The van der Waals surface area contributed by atoms with Gasteiger partial charge in [0, 0.05) is 42.2 Å². The SMILES string of the molecule is NNC(=O)c1cnc2ccc(Br)cc2c1NCCN1CCOCC1. The number of nitrogen functional groups attached to an aromatic ring is 1. The van der Waals surface area contributed by atoms with Crippen LogP contribution in [-0.4, -0.2) is 55.2 Å². The molecule has 1 saturated heterocycles. The Morgan fingerprint density at radius 3 is 2.92 bits per heavy atom. The molecule has 1 aliphatic heterocycles. The van der Waals surface area contributed by atoms with Gasteiger partial charge in [-0.3, -0.25) is 20.1 Å². The normalized spacial score (nSPS) is 15.4. The molecular formula is C16H20BrN5O2. The molecule has 128 valence electrons. The lowest BCUT2D eigenvalue weighted by Gasteiger charge is -2.27. The molecule has 1 aromatic heterocycles. The number of nitrogens with two attached hydrogens (primary N) is 1. The van der Waals surface area contributed by atoms with Crippen LogP contribution in [0, 0.1) is 0 Å². The van der Waals surface area contributed by atoms with Crippen LogP contribution in [0.25, 0.3) is 10.9 Å². The molecule has 0 aliphatic carbocycles. The number of benzene rings is 1. The smallest absolute Gasteiger partial charge is 0.268 e. The van der Waals surface area contributed by atoms with E-state index in [0.717, 1.165) is 60.5 Å². The monoisotopic (exact) mass is 393 g/mol. The zero-order valence-corrected chi connectivity index (χ0v) is 14.8. The molecule has 4 N–H and O–H groups in total. The molecule has 7 nitrogen and oxygen atoms in total. The third kappa shape index (κ3) is 3.84. The van der Waals surface area contributed by atoms with Crippen LogP contribution in [0.3, 0.4) is 0 Å². The second-order valence-electron chi connectivity index (χ2n) is 5.56. The van der Waals surface area contributed by atoms with E-state index in [9.17, 15) is 4.79 Å². The summed E-state index contributed by atoms with van der Waals surface area (Å²) in [5.41, 5.74) is 4.19. The third-order valence-corrected chi connectivity index (χ3v) is 4.53. The molecule has 0 unspecified atom stereocenters. The number of fused-ring (bicyclic) bond motifs is 1. The van der Waals surface area contributed by atoms with Crippen LogP contribution in [0.15, 0.2) is 28.9 Å². The fourth-order valence-electron chi connectivity index (χ4n) is 2.77. The lowest BCUT2D eigenvalue weighted by atomic mass is 10.1. The lowest BCUT2D eigenvalue weighted by Crippen LogP contribution is -2.39. The van der Waals surface area contributed by atoms with Gasteiger partial charge in [-0.05, 0) is 18.2 Å². The van der Waals surface area contributed by atoms with Crippen molar-refractivity contribution in [2.45, 2.75) is 0 Å². The molecule has 0 radical (unpaired) electrons. The van der Waals surface area contributed by atoms with Gasteiger partial charge < -0.3 is 10.1 Å². The molecule has 0 saturated carbocycles. The third-order valence-electron chi connectivity index (χ3n) is 4.04. The first kappa shape index (κ1) is 17.1. The van der Waals surface area contributed by atoms with E-state index in [2.05, 4.69) is 36.6 Å². The van der Waals surface area contributed by atoms with Crippen LogP contribution in [0.1, 0.15) is 10.4 Å². The number of hydrogen-bond acceptors (Lipinski definition) is 6. The summed E-state index contributed by atoms with van der Waals surface area (Å²) in [5, 5.41) is 4.27. The Balaban J connectivity index is 1.84. The number of aromatic nitrogens is 1. The van der Waals surface area contributed by atoms with Gasteiger partial charge in [-0.2, -0.15) is 0 Å². The Kier molecular flexibility index (Phi) is 5.62. The highest BCUT2D eigenvalue weighted by Gasteiger charge is 2.16. The highest BCUT2D eigenvalue weighted by Crippen LogP contribution is 2.28. The second-order valence-corrected chi connectivity index (χ2v) is 6.48. The average Bonchev–Trinajstić information content (AvgIpc) is 2.62. The predicted molar refractivity (Wildman–Crippen MR) is 96.8 cm³/mol. The molecule has 8 heteroatoms. The summed E-state index contributed by atoms with van der Waals surface area (Å²) in [5.74, 6) is 4.94. The van der Waals surface area contributed by atoms with Crippen molar-refractivity contribution in [2.75, 3.05) is 44.7 Å². The number of halogens is 1. The van der Waals surface area contributed by atoms with Gasteiger partial charge in [0.2, 0.25) is 0 Å². The van der Waals surface area contributed by atoms with Crippen molar-refractivity contribution in [2.24, 2.45) is 5.84 Å². The number of carbonyl (C=O) groups is 1. The molecule has 1 amide bonds. The number of amides is 1. The molecule has 1 aliphatic rings. The average molecular weight is 394 g/mol. The topological polar surface area (TPSA) is 92.5 Å². The summed E-state index contributed by atoms with van der Waals surface area (Å²) in [4.78, 5) is 18.8. The van der Waals surface area contributed by atoms with E-state index in [0.29, 0.717) is 5.56 Å². The summed E-state index contributed by atoms with van der Waals surface area (Å²) in [7, 11) is 0. The number of hydrazine groups is 1. The van der Waals surface area contributed by atoms with Gasteiger partial charge in [0.15, 0.2) is 0 Å². The van der Waals surface area contributed by atoms with Crippen molar-refractivity contribution in [3.63, 3.8) is 0 Å². The van der Waals surface area contributed by atoms with Crippen LogP contribution < -0.4 is 16.6 Å². The van der Waals surface area contributed by atoms with E-state index in [1.54, 1.807) is 6.20 Å². The summed E-state index contributed by atoms with van der Waals surface area (Å²) >= 11 is 3.47. The fraction of sp³-hybridized carbons (Fsp3) is 0.375. The van der Waals surface area contributed by atoms with E-state index >= 15 is 0 Å². The number of rotatable bonds is 5. The zero-order valence-electron chi connectivity index (χ0n) is 13.2. The van der Waals surface area contributed by atoms with E-state index in [4.69, 9.17) is 10.6 Å². The highest BCUT2D eigenvalue weighted by molar-refractivity contribution is 9.10. The van der Waals surface area contributed by atoms with Crippen molar-refractivity contribution in [3.05, 3.63) is 34.4 Å². The first-order chi connectivity index (χ1) is 11.7. The number of carbonyl (C=O) groups excluding carboxylic acids is 1. The number of ether oxygens (including phenoxy) is 1. The summed E-state index contributed by atoms with van der Waals surface area (Å²) in [6, 6.07) is 5.79. The van der Waals surface area contributed by atoms with Gasteiger partial charge in [-0.25, -0.2) is 5.84 Å². The number of morpholine rings is 1. The largest absolute Gasteiger partial charge is 0.383 e. The number of anilines is 1. The summed E-state index contributed by atoms with van der Waals surface area (Å²) in [6.45, 7) is 5.00. The van der Waals surface area contributed by atoms with Gasteiger partial charge in [0.05, 0.1) is 30.0 Å². The minimum Gasteiger partial charge on any atom is -0.383 e. The van der Waals surface area contributed by atoms with Crippen LogP contribution >= 0.6 is 15.9 Å². The van der Waals surface area contributed by atoms with Crippen LogP contribution in [0.4, 0.5) is 5.69 Å². The maximum absolute atomic E-state index is 12.1. The van der Waals surface area contributed by atoms with Crippen LogP contribution in [0.5, 0.6) is 0 Å². The van der Waals surface area contributed by atoms with Gasteiger partial charge in [-0.15, -0.1) is 0 Å². The van der Waals surface area contributed by atoms with Gasteiger partial charge in [-0.1, -0.05) is 15.9 Å². The predicted octanol–water partition coefficient (Wildman–Crippen LogP) is 1.34. The maximum atomic E-state index is 12.1. The molecule has 2 aromatic rings. The highest BCUT2D eigenvalue weighted by atomic mass is 79.9. The Bertz CT molecular complexity index is 734. The Labute approximate surface area is 148 Å². The lowest BCUT2D eigenvalue weighted by molar-refractivity contribution is 0.0398. The van der Waals surface area contributed by atoms with E-state index in [1.807, 2.05) is 18.2 Å². The number of hydrogen-bond donors (Lipinski definition) is 3.